The summed E-state index contributed by atoms with van der Waals surface area (Å²) in [5, 5.41) is 5.04. The van der Waals surface area contributed by atoms with Gasteiger partial charge < -0.3 is 20.1 Å². The minimum atomic E-state index is -0.992. The number of amides is 2. The Balaban J connectivity index is 2.92. The number of hydrogen-bond donors (Lipinski definition) is 2. The van der Waals surface area contributed by atoms with E-state index < -0.39 is 35.7 Å². The topological polar surface area (TPSA) is 93.7 Å². The van der Waals surface area contributed by atoms with Crippen molar-refractivity contribution in [3.05, 3.63) is 35.9 Å². The second-order valence-electron chi connectivity index (χ2n) is 6.24. The van der Waals surface area contributed by atoms with E-state index in [2.05, 4.69) is 15.4 Å². The number of carbonyl (C=O) groups excluding carboxylic acids is 3. The highest BCUT2D eigenvalue weighted by Gasteiger charge is 2.28. The third kappa shape index (κ3) is 6.28. The van der Waals surface area contributed by atoms with Crippen LogP contribution in [0.1, 0.15) is 39.3 Å². The Morgan fingerprint density at radius 2 is 1.62 bits per heavy atom. The number of esters is 1. The van der Waals surface area contributed by atoms with Crippen molar-refractivity contribution in [1.29, 1.82) is 0 Å². The third-order valence-electron chi connectivity index (χ3n) is 2.97. The van der Waals surface area contributed by atoms with Crippen LogP contribution < -0.4 is 10.6 Å². The maximum Gasteiger partial charge on any atom is 0.408 e. The molecule has 7 heteroatoms. The van der Waals surface area contributed by atoms with Gasteiger partial charge in [0, 0.05) is 0 Å². The predicted molar refractivity (Wildman–Crippen MR) is 88.2 cm³/mol. The summed E-state index contributed by atoms with van der Waals surface area (Å²) in [6, 6.07) is 6.85. The van der Waals surface area contributed by atoms with E-state index in [1.165, 1.54) is 14.0 Å². The molecule has 0 fully saturated rings. The van der Waals surface area contributed by atoms with E-state index in [0.717, 1.165) is 0 Å². The van der Waals surface area contributed by atoms with Gasteiger partial charge in [0.1, 0.15) is 17.7 Å². The van der Waals surface area contributed by atoms with Crippen molar-refractivity contribution in [3.63, 3.8) is 0 Å². The van der Waals surface area contributed by atoms with Crippen LogP contribution in [-0.2, 0) is 19.1 Å². The van der Waals surface area contributed by atoms with Crippen molar-refractivity contribution in [2.75, 3.05) is 7.11 Å². The van der Waals surface area contributed by atoms with Gasteiger partial charge in [-0.3, -0.25) is 4.79 Å². The zero-order valence-electron chi connectivity index (χ0n) is 14.6. The van der Waals surface area contributed by atoms with Crippen molar-refractivity contribution in [1.82, 2.24) is 10.6 Å². The molecule has 0 heterocycles. The van der Waals surface area contributed by atoms with Crippen LogP contribution >= 0.6 is 0 Å². The highest BCUT2D eigenvalue weighted by molar-refractivity contribution is 5.90. The van der Waals surface area contributed by atoms with Crippen molar-refractivity contribution in [2.24, 2.45) is 0 Å². The largest absolute Gasteiger partial charge is 0.467 e. The summed E-state index contributed by atoms with van der Waals surface area (Å²) < 4.78 is 9.77. The summed E-state index contributed by atoms with van der Waals surface area (Å²) in [6.07, 6.45) is -0.725. The van der Waals surface area contributed by atoms with E-state index in [1.807, 2.05) is 0 Å². The number of rotatable bonds is 5. The SMILES string of the molecule is COC(=O)[C@H](C)NC(=O)[C@@H](NC(=O)OC(C)(C)C)c1ccccc1. The van der Waals surface area contributed by atoms with Crippen molar-refractivity contribution < 1.29 is 23.9 Å². The van der Waals surface area contributed by atoms with E-state index >= 15 is 0 Å². The van der Waals surface area contributed by atoms with Gasteiger partial charge in [-0.15, -0.1) is 0 Å². The van der Waals surface area contributed by atoms with Gasteiger partial charge in [0.25, 0.3) is 0 Å². The lowest BCUT2D eigenvalue weighted by atomic mass is 10.1. The molecule has 0 aromatic heterocycles. The summed E-state index contributed by atoms with van der Waals surface area (Å²) >= 11 is 0. The molecule has 0 saturated carbocycles. The van der Waals surface area contributed by atoms with Gasteiger partial charge >= 0.3 is 12.1 Å². The second-order valence-corrected chi connectivity index (χ2v) is 6.24. The number of carbonyl (C=O) groups is 3. The molecular formula is C17H24N2O5. The Hall–Kier alpha value is -2.57. The van der Waals surface area contributed by atoms with Crippen LogP contribution in [0, 0.1) is 0 Å². The fourth-order valence-electron chi connectivity index (χ4n) is 1.90. The Labute approximate surface area is 141 Å². The lowest BCUT2D eigenvalue weighted by Gasteiger charge is -2.24. The normalized spacial score (nSPS) is 13.4. The Kier molecular flexibility index (Phi) is 6.76. The molecule has 0 spiro atoms. The van der Waals surface area contributed by atoms with E-state index in [-0.39, 0.29) is 0 Å². The van der Waals surface area contributed by atoms with Crippen molar-refractivity contribution in [2.45, 2.75) is 45.4 Å². The molecule has 0 bridgehead atoms. The Morgan fingerprint density at radius 3 is 2.12 bits per heavy atom. The molecule has 0 aliphatic heterocycles. The molecule has 0 aliphatic carbocycles. The number of methoxy groups -OCH3 is 1. The Morgan fingerprint density at radius 1 is 1.04 bits per heavy atom. The monoisotopic (exact) mass is 336 g/mol. The molecule has 0 saturated heterocycles. The first-order chi connectivity index (χ1) is 11.1. The number of ether oxygens (including phenoxy) is 2. The van der Waals surface area contributed by atoms with Crippen molar-refractivity contribution in [3.8, 4) is 0 Å². The number of nitrogens with one attached hydrogen (secondary N) is 2. The summed E-state index contributed by atoms with van der Waals surface area (Å²) in [5.41, 5.74) is -0.126. The van der Waals surface area contributed by atoms with E-state index in [4.69, 9.17) is 4.74 Å². The molecule has 0 radical (unpaired) electrons. The van der Waals surface area contributed by atoms with Gasteiger partial charge in [0.15, 0.2) is 0 Å². The molecule has 2 N–H and O–H groups in total. The van der Waals surface area contributed by atoms with Gasteiger partial charge in [-0.2, -0.15) is 0 Å². The van der Waals surface area contributed by atoms with Crippen LogP contribution in [0.15, 0.2) is 30.3 Å². The van der Waals surface area contributed by atoms with E-state index in [9.17, 15) is 14.4 Å². The quantitative estimate of drug-likeness (QED) is 0.801. The lowest BCUT2D eigenvalue weighted by Crippen LogP contribution is -2.47. The van der Waals surface area contributed by atoms with Crippen LogP contribution in [0.25, 0.3) is 0 Å². The standard InChI is InChI=1S/C17H24N2O5/c1-11(15(21)23-5)18-14(20)13(12-9-7-6-8-10-12)19-16(22)24-17(2,3)4/h6-11,13H,1-5H3,(H,18,20)(H,19,22)/t11-,13-/m0/s1. The maximum absolute atomic E-state index is 12.5. The van der Waals surface area contributed by atoms with Crippen LogP contribution in [0.2, 0.25) is 0 Å². The first-order valence-electron chi connectivity index (χ1n) is 7.56. The molecule has 132 valence electrons. The molecule has 0 unspecified atom stereocenters. The molecule has 1 aromatic carbocycles. The van der Waals surface area contributed by atoms with Crippen LogP contribution in [0.3, 0.4) is 0 Å². The molecule has 24 heavy (non-hydrogen) atoms. The number of benzene rings is 1. The van der Waals surface area contributed by atoms with Gasteiger partial charge in [-0.1, -0.05) is 30.3 Å². The van der Waals surface area contributed by atoms with Gasteiger partial charge in [-0.25, -0.2) is 9.59 Å². The molecule has 7 nitrogen and oxygen atoms in total. The fourth-order valence-corrected chi connectivity index (χ4v) is 1.90. The van der Waals surface area contributed by atoms with Crippen LogP contribution in [0.5, 0.6) is 0 Å². The molecule has 2 atom stereocenters. The zero-order chi connectivity index (χ0) is 18.3. The second kappa shape index (κ2) is 8.33. The molecule has 2 amide bonds. The molecule has 0 aliphatic rings. The van der Waals surface area contributed by atoms with Gasteiger partial charge in [0.05, 0.1) is 7.11 Å². The summed E-state index contributed by atoms with van der Waals surface area (Å²) in [4.78, 5) is 36.0. The zero-order valence-corrected chi connectivity index (χ0v) is 14.6. The third-order valence-corrected chi connectivity index (χ3v) is 2.97. The first-order valence-corrected chi connectivity index (χ1v) is 7.56. The predicted octanol–water partition coefficient (Wildman–Crippen LogP) is 1.93. The smallest absolute Gasteiger partial charge is 0.408 e. The molecular weight excluding hydrogens is 312 g/mol. The molecule has 1 rings (SSSR count). The van der Waals surface area contributed by atoms with E-state index in [0.29, 0.717) is 5.56 Å². The van der Waals surface area contributed by atoms with E-state index in [1.54, 1.807) is 51.1 Å². The Bertz CT molecular complexity index is 580. The minimum absolute atomic E-state index is 0.537. The van der Waals surface area contributed by atoms with Crippen LogP contribution in [0.4, 0.5) is 4.79 Å². The van der Waals surface area contributed by atoms with Gasteiger partial charge in [0.2, 0.25) is 5.91 Å². The van der Waals surface area contributed by atoms with Gasteiger partial charge in [-0.05, 0) is 33.3 Å². The number of alkyl carbamates (subject to hydrolysis) is 1. The lowest BCUT2D eigenvalue weighted by molar-refractivity contribution is -0.144. The maximum atomic E-state index is 12.5. The fraction of sp³-hybridized carbons (Fsp3) is 0.471. The van der Waals surface area contributed by atoms with Crippen LogP contribution in [-0.4, -0.2) is 36.7 Å². The summed E-state index contributed by atoms with van der Waals surface area (Å²) in [6.45, 7) is 6.68. The average molecular weight is 336 g/mol. The molecule has 1 aromatic rings. The summed E-state index contributed by atoms with van der Waals surface area (Å²) in [7, 11) is 1.23. The summed E-state index contributed by atoms with van der Waals surface area (Å²) in [5.74, 6) is -1.11. The highest BCUT2D eigenvalue weighted by Crippen LogP contribution is 2.15. The minimum Gasteiger partial charge on any atom is -0.467 e. The first kappa shape index (κ1) is 19.5. The number of hydrogen-bond acceptors (Lipinski definition) is 5. The van der Waals surface area contributed by atoms with Crippen molar-refractivity contribution >= 4 is 18.0 Å². The average Bonchev–Trinajstić information content (AvgIpc) is 2.50. The highest BCUT2D eigenvalue weighted by atomic mass is 16.6.